The van der Waals surface area contributed by atoms with Crippen LogP contribution in [0.25, 0.3) is 23.0 Å². The Morgan fingerprint density at radius 2 is 2.00 bits per heavy atom. The van der Waals surface area contributed by atoms with Gasteiger partial charge in [-0.05, 0) is 49.7 Å². The molecule has 1 fully saturated rings. The second-order valence-electron chi connectivity index (χ2n) is 7.68. The smallest absolute Gasteiger partial charge is 0.219 e. The van der Waals surface area contributed by atoms with Crippen LogP contribution in [0.5, 0.6) is 0 Å². The van der Waals surface area contributed by atoms with E-state index in [1.165, 1.54) is 19.2 Å². The first kappa shape index (κ1) is 15.9. The van der Waals surface area contributed by atoms with Gasteiger partial charge in [0.2, 0.25) is 5.82 Å². The van der Waals surface area contributed by atoms with Gasteiger partial charge in [0.15, 0.2) is 11.6 Å². The molecule has 1 N–H and O–H groups in total. The van der Waals surface area contributed by atoms with E-state index < -0.39 is 0 Å². The maximum absolute atomic E-state index is 4.77. The van der Waals surface area contributed by atoms with Crippen LogP contribution in [0, 0.1) is 12.3 Å². The fourth-order valence-corrected chi connectivity index (χ4v) is 3.49. The van der Waals surface area contributed by atoms with Gasteiger partial charge >= 0.3 is 0 Å². The Hall–Kier alpha value is -2.57. The van der Waals surface area contributed by atoms with Crippen LogP contribution in [0.4, 0.5) is 0 Å². The molecule has 0 aliphatic heterocycles. The predicted octanol–water partition coefficient (Wildman–Crippen LogP) is 3.57. The molecule has 0 spiro atoms. The summed E-state index contributed by atoms with van der Waals surface area (Å²) in [6.45, 7) is 6.73. The number of nitrogens with one attached hydrogen (secondary N) is 1. The monoisotopic (exact) mass is 337 g/mol. The number of rotatable bonds is 3. The largest absolute Gasteiger partial charge is 0.264 e. The molecule has 0 unspecified atom stereocenters. The molecule has 0 amide bonds. The van der Waals surface area contributed by atoms with E-state index in [1.807, 2.05) is 19.3 Å². The summed E-state index contributed by atoms with van der Waals surface area (Å²) >= 11 is 0. The number of aromatic amines is 1. The summed E-state index contributed by atoms with van der Waals surface area (Å²) in [4.78, 5) is 13.3. The minimum atomic E-state index is 0.354. The van der Waals surface area contributed by atoms with Gasteiger partial charge in [-0.15, -0.1) is 5.10 Å². The van der Waals surface area contributed by atoms with Crippen molar-refractivity contribution in [1.82, 2.24) is 34.9 Å². The molecule has 3 heterocycles. The van der Waals surface area contributed by atoms with Crippen molar-refractivity contribution in [2.75, 3.05) is 0 Å². The Morgan fingerprint density at radius 1 is 1.20 bits per heavy atom. The van der Waals surface area contributed by atoms with Crippen molar-refractivity contribution in [3.63, 3.8) is 0 Å². The number of hydrogen-bond donors (Lipinski definition) is 1. The molecule has 1 saturated carbocycles. The van der Waals surface area contributed by atoms with E-state index in [1.54, 1.807) is 0 Å². The zero-order valence-corrected chi connectivity index (χ0v) is 14.9. The first-order valence-corrected chi connectivity index (χ1v) is 8.76. The number of aryl methyl sites for hydroxylation is 1. The van der Waals surface area contributed by atoms with Crippen molar-refractivity contribution in [1.29, 1.82) is 0 Å². The van der Waals surface area contributed by atoms with Gasteiger partial charge in [-0.1, -0.05) is 13.8 Å². The summed E-state index contributed by atoms with van der Waals surface area (Å²) in [7, 11) is 0. The maximum atomic E-state index is 4.77. The molecule has 4 rings (SSSR count). The van der Waals surface area contributed by atoms with Crippen LogP contribution >= 0.6 is 0 Å². The molecule has 7 nitrogen and oxygen atoms in total. The minimum absolute atomic E-state index is 0.354. The molecule has 0 aromatic carbocycles. The van der Waals surface area contributed by atoms with Gasteiger partial charge < -0.3 is 0 Å². The zero-order valence-electron chi connectivity index (χ0n) is 14.9. The molecule has 25 heavy (non-hydrogen) atoms. The Balaban J connectivity index is 1.76. The average Bonchev–Trinajstić information content (AvgIpc) is 3.24. The first-order valence-electron chi connectivity index (χ1n) is 8.76. The number of aromatic nitrogens is 7. The molecular weight excluding hydrogens is 314 g/mol. The van der Waals surface area contributed by atoms with Crippen molar-refractivity contribution < 1.29 is 0 Å². The first-order chi connectivity index (χ1) is 12.0. The van der Waals surface area contributed by atoms with Gasteiger partial charge in [-0.25, -0.2) is 14.6 Å². The third kappa shape index (κ3) is 3.18. The molecule has 130 valence electrons. The second kappa shape index (κ2) is 6.06. The number of nitrogens with zero attached hydrogens (tertiary/aromatic N) is 6. The standard InChI is InChI=1S/C18H23N7/c1-12-8-13(10-19-9-12)17-22-16(15-20-11-21-23-15)24-25(17)14-4-6-18(2,3)7-5-14/h8-11,14H,4-7H2,1-3H3,(H,20,21,23). The van der Waals surface area contributed by atoms with E-state index in [0.29, 0.717) is 23.1 Å². The Kier molecular flexibility index (Phi) is 3.86. The number of pyridine rings is 1. The lowest BCUT2D eigenvalue weighted by molar-refractivity contribution is 0.187. The molecule has 3 aromatic heterocycles. The molecular formula is C18H23N7. The van der Waals surface area contributed by atoms with Crippen molar-refractivity contribution in [3.05, 3.63) is 30.4 Å². The van der Waals surface area contributed by atoms with E-state index in [-0.39, 0.29) is 0 Å². The summed E-state index contributed by atoms with van der Waals surface area (Å²) in [6.07, 6.45) is 9.79. The van der Waals surface area contributed by atoms with Crippen LogP contribution in [0.15, 0.2) is 24.8 Å². The lowest BCUT2D eigenvalue weighted by atomic mass is 9.75. The lowest BCUT2D eigenvalue weighted by Gasteiger charge is -2.34. The highest BCUT2D eigenvalue weighted by molar-refractivity contribution is 5.58. The van der Waals surface area contributed by atoms with Gasteiger partial charge in [-0.3, -0.25) is 10.1 Å². The predicted molar refractivity (Wildman–Crippen MR) is 94.7 cm³/mol. The third-order valence-electron chi connectivity index (χ3n) is 5.05. The van der Waals surface area contributed by atoms with Crippen molar-refractivity contribution in [2.45, 2.75) is 52.5 Å². The zero-order chi connectivity index (χ0) is 17.4. The normalized spacial score (nSPS) is 17.7. The van der Waals surface area contributed by atoms with Crippen LogP contribution in [0.3, 0.4) is 0 Å². The van der Waals surface area contributed by atoms with E-state index >= 15 is 0 Å². The summed E-state index contributed by atoms with van der Waals surface area (Å²) in [6, 6.07) is 2.46. The van der Waals surface area contributed by atoms with Crippen LogP contribution in [0.2, 0.25) is 0 Å². The highest BCUT2D eigenvalue weighted by Crippen LogP contribution is 2.41. The molecule has 1 aliphatic carbocycles. The minimum Gasteiger partial charge on any atom is -0.264 e. The summed E-state index contributed by atoms with van der Waals surface area (Å²) in [5.74, 6) is 2.03. The molecule has 7 heteroatoms. The van der Waals surface area contributed by atoms with Crippen LogP contribution < -0.4 is 0 Å². The summed E-state index contributed by atoms with van der Waals surface area (Å²) < 4.78 is 2.07. The molecule has 0 bridgehead atoms. The lowest BCUT2D eigenvalue weighted by Crippen LogP contribution is -2.24. The third-order valence-corrected chi connectivity index (χ3v) is 5.05. The molecule has 1 aliphatic rings. The van der Waals surface area contributed by atoms with Crippen molar-refractivity contribution in [2.24, 2.45) is 5.41 Å². The Labute approximate surface area is 146 Å². The molecule has 0 atom stereocenters. The Bertz CT molecular complexity index is 853. The van der Waals surface area contributed by atoms with E-state index in [0.717, 1.165) is 29.8 Å². The van der Waals surface area contributed by atoms with Gasteiger partial charge in [0.05, 0.1) is 6.04 Å². The fraction of sp³-hybridized carbons (Fsp3) is 0.500. The van der Waals surface area contributed by atoms with E-state index in [2.05, 4.69) is 44.8 Å². The van der Waals surface area contributed by atoms with E-state index in [4.69, 9.17) is 10.1 Å². The molecule has 3 aromatic rings. The van der Waals surface area contributed by atoms with Crippen molar-refractivity contribution >= 4 is 0 Å². The second-order valence-corrected chi connectivity index (χ2v) is 7.68. The van der Waals surface area contributed by atoms with Gasteiger partial charge in [0.25, 0.3) is 0 Å². The molecule has 0 radical (unpaired) electrons. The topological polar surface area (TPSA) is 85.2 Å². The highest BCUT2D eigenvalue weighted by Gasteiger charge is 2.30. The van der Waals surface area contributed by atoms with Gasteiger partial charge in [-0.2, -0.15) is 5.10 Å². The van der Waals surface area contributed by atoms with Gasteiger partial charge in [0, 0.05) is 18.0 Å². The van der Waals surface area contributed by atoms with Crippen LogP contribution in [0.1, 0.15) is 51.1 Å². The van der Waals surface area contributed by atoms with Crippen LogP contribution in [-0.4, -0.2) is 34.9 Å². The van der Waals surface area contributed by atoms with E-state index in [9.17, 15) is 0 Å². The highest BCUT2D eigenvalue weighted by atomic mass is 15.4. The molecule has 0 saturated heterocycles. The quantitative estimate of drug-likeness (QED) is 0.789. The SMILES string of the molecule is Cc1cncc(-c2nc(-c3ncn[nH]3)nn2C2CCC(C)(C)CC2)c1. The average molecular weight is 337 g/mol. The summed E-state index contributed by atoms with van der Waals surface area (Å²) in [5.41, 5.74) is 2.51. The maximum Gasteiger partial charge on any atom is 0.219 e. The van der Waals surface area contributed by atoms with Crippen LogP contribution in [-0.2, 0) is 0 Å². The Morgan fingerprint density at radius 3 is 2.68 bits per heavy atom. The summed E-state index contributed by atoms with van der Waals surface area (Å²) in [5, 5.41) is 11.6. The number of hydrogen-bond acceptors (Lipinski definition) is 5. The fourth-order valence-electron chi connectivity index (χ4n) is 3.49. The number of H-pyrrole nitrogens is 1. The van der Waals surface area contributed by atoms with Gasteiger partial charge in [0.1, 0.15) is 6.33 Å². The van der Waals surface area contributed by atoms with Crippen molar-refractivity contribution in [3.8, 4) is 23.0 Å².